The second-order valence-electron chi connectivity index (χ2n) is 8.85. The first-order valence-electron chi connectivity index (χ1n) is 11.6. The molecule has 5 rings (SSSR count). The highest BCUT2D eigenvalue weighted by atomic mass is 16.2. The molecule has 0 saturated carbocycles. The van der Waals surface area contributed by atoms with E-state index in [1.807, 2.05) is 23.2 Å². The summed E-state index contributed by atoms with van der Waals surface area (Å²) < 4.78 is 0. The van der Waals surface area contributed by atoms with Crippen LogP contribution in [-0.4, -0.2) is 67.0 Å². The van der Waals surface area contributed by atoms with Crippen LogP contribution in [0, 0.1) is 0 Å². The van der Waals surface area contributed by atoms with Crippen molar-refractivity contribution < 1.29 is 4.79 Å². The summed E-state index contributed by atoms with van der Waals surface area (Å²) in [4.78, 5) is 24.0. The summed E-state index contributed by atoms with van der Waals surface area (Å²) in [5.74, 6) is 0.146. The van der Waals surface area contributed by atoms with Crippen molar-refractivity contribution in [1.82, 2.24) is 14.8 Å². The molecule has 0 aliphatic carbocycles. The van der Waals surface area contributed by atoms with Crippen LogP contribution in [0.4, 0.5) is 5.69 Å². The summed E-state index contributed by atoms with van der Waals surface area (Å²) >= 11 is 0. The zero-order valence-electron chi connectivity index (χ0n) is 18.7. The Morgan fingerprint density at radius 1 is 0.781 bits per heavy atom. The van der Waals surface area contributed by atoms with Crippen LogP contribution in [-0.2, 0) is 0 Å². The van der Waals surface area contributed by atoms with Crippen molar-refractivity contribution >= 4 is 11.6 Å². The topological polar surface area (TPSA) is 39.7 Å². The molecule has 1 aromatic heterocycles. The molecule has 1 amide bonds. The minimum absolute atomic E-state index is 0.146. The number of rotatable bonds is 4. The van der Waals surface area contributed by atoms with E-state index in [0.717, 1.165) is 80.1 Å². The fourth-order valence-electron chi connectivity index (χ4n) is 4.60. The standard InChI is InChI=1S/C27H30N4O/c1-29-15-17-30(18-16-29)25-11-12-28-26(20-25)24-6-4-5-23(19-24)21-7-9-22(10-8-21)27(32)31-13-2-3-14-31/h4-12,19-20H,2-3,13-18H2,1H3. The molecule has 2 saturated heterocycles. The molecule has 5 nitrogen and oxygen atoms in total. The molecule has 0 spiro atoms. The summed E-state index contributed by atoms with van der Waals surface area (Å²) in [6.07, 6.45) is 4.13. The molecule has 2 aromatic carbocycles. The van der Waals surface area contributed by atoms with Gasteiger partial charge in [0.15, 0.2) is 0 Å². The number of amides is 1. The molecule has 5 heteroatoms. The van der Waals surface area contributed by atoms with Gasteiger partial charge in [0.25, 0.3) is 5.91 Å². The third kappa shape index (κ3) is 4.39. The van der Waals surface area contributed by atoms with Crippen molar-refractivity contribution in [2.24, 2.45) is 0 Å². The van der Waals surface area contributed by atoms with E-state index in [9.17, 15) is 4.79 Å². The van der Waals surface area contributed by atoms with Crippen molar-refractivity contribution in [3.8, 4) is 22.4 Å². The summed E-state index contributed by atoms with van der Waals surface area (Å²) in [6.45, 7) is 6.02. The summed E-state index contributed by atoms with van der Waals surface area (Å²) in [7, 11) is 2.18. The van der Waals surface area contributed by atoms with Crippen LogP contribution < -0.4 is 4.90 Å². The average molecular weight is 427 g/mol. The Balaban J connectivity index is 1.36. The number of benzene rings is 2. The summed E-state index contributed by atoms with van der Waals surface area (Å²) in [5, 5.41) is 0. The molecule has 0 atom stereocenters. The molecule has 3 aromatic rings. The van der Waals surface area contributed by atoms with E-state index < -0.39 is 0 Å². The molecule has 2 fully saturated rings. The number of hydrogen-bond acceptors (Lipinski definition) is 4. The number of pyridine rings is 1. The van der Waals surface area contributed by atoms with Crippen LogP contribution in [0.15, 0.2) is 66.9 Å². The molecule has 0 N–H and O–H groups in total. The molecule has 0 unspecified atom stereocenters. The van der Waals surface area contributed by atoms with Crippen molar-refractivity contribution in [2.75, 3.05) is 51.2 Å². The lowest BCUT2D eigenvalue weighted by molar-refractivity contribution is 0.0793. The monoisotopic (exact) mass is 426 g/mol. The molecular formula is C27H30N4O. The highest BCUT2D eigenvalue weighted by molar-refractivity contribution is 5.95. The largest absolute Gasteiger partial charge is 0.369 e. The number of aromatic nitrogens is 1. The molecular weight excluding hydrogens is 396 g/mol. The van der Waals surface area contributed by atoms with E-state index in [2.05, 4.69) is 70.4 Å². The van der Waals surface area contributed by atoms with Crippen molar-refractivity contribution in [2.45, 2.75) is 12.8 Å². The Labute approximate surface area is 190 Å². The Morgan fingerprint density at radius 2 is 1.50 bits per heavy atom. The maximum atomic E-state index is 12.6. The van der Waals surface area contributed by atoms with Gasteiger partial charge in [0.05, 0.1) is 5.69 Å². The average Bonchev–Trinajstić information content (AvgIpc) is 3.39. The first-order valence-corrected chi connectivity index (χ1v) is 11.6. The van der Waals surface area contributed by atoms with Gasteiger partial charge >= 0.3 is 0 Å². The highest BCUT2D eigenvalue weighted by Gasteiger charge is 2.19. The van der Waals surface area contributed by atoms with Crippen LogP contribution in [0.5, 0.6) is 0 Å². The Morgan fingerprint density at radius 3 is 2.25 bits per heavy atom. The second-order valence-corrected chi connectivity index (χ2v) is 8.85. The molecule has 2 aliphatic rings. The first-order chi connectivity index (χ1) is 15.7. The Hall–Kier alpha value is -3.18. The highest BCUT2D eigenvalue weighted by Crippen LogP contribution is 2.28. The van der Waals surface area contributed by atoms with E-state index in [4.69, 9.17) is 0 Å². The lowest BCUT2D eigenvalue weighted by Crippen LogP contribution is -2.44. The third-order valence-electron chi connectivity index (χ3n) is 6.63. The van der Waals surface area contributed by atoms with Gasteiger partial charge in [-0.2, -0.15) is 0 Å². The van der Waals surface area contributed by atoms with Gasteiger partial charge in [0.1, 0.15) is 0 Å². The number of hydrogen-bond donors (Lipinski definition) is 0. The lowest BCUT2D eigenvalue weighted by Gasteiger charge is -2.34. The van der Waals surface area contributed by atoms with Gasteiger partial charge < -0.3 is 14.7 Å². The number of piperazine rings is 1. The van der Waals surface area contributed by atoms with Gasteiger partial charge in [0.2, 0.25) is 0 Å². The smallest absolute Gasteiger partial charge is 0.253 e. The predicted molar refractivity (Wildman–Crippen MR) is 130 cm³/mol. The second kappa shape index (κ2) is 9.13. The predicted octanol–water partition coefficient (Wildman–Crippen LogP) is 4.40. The van der Waals surface area contributed by atoms with Crippen LogP contribution in [0.25, 0.3) is 22.4 Å². The van der Waals surface area contributed by atoms with Gasteiger partial charge in [-0.1, -0.05) is 30.3 Å². The fourth-order valence-corrected chi connectivity index (χ4v) is 4.60. The lowest BCUT2D eigenvalue weighted by atomic mass is 10.00. The normalized spacial score (nSPS) is 17.0. The van der Waals surface area contributed by atoms with Crippen molar-refractivity contribution in [3.05, 3.63) is 72.4 Å². The number of likely N-dealkylation sites (N-methyl/N-ethyl adjacent to an activating group) is 1. The summed E-state index contributed by atoms with van der Waals surface area (Å²) in [6, 6.07) is 20.8. The van der Waals surface area contributed by atoms with E-state index in [-0.39, 0.29) is 5.91 Å². The minimum atomic E-state index is 0.146. The Kier molecular flexibility index (Phi) is 5.91. The zero-order valence-corrected chi connectivity index (χ0v) is 18.7. The number of carbonyl (C=O) groups excluding carboxylic acids is 1. The van der Waals surface area contributed by atoms with E-state index >= 15 is 0 Å². The molecule has 0 radical (unpaired) electrons. The zero-order chi connectivity index (χ0) is 21.9. The van der Waals surface area contributed by atoms with E-state index in [0.29, 0.717) is 0 Å². The minimum Gasteiger partial charge on any atom is -0.369 e. The van der Waals surface area contributed by atoms with Crippen LogP contribution in [0.3, 0.4) is 0 Å². The Bertz CT molecular complexity index is 1080. The van der Waals surface area contributed by atoms with Gasteiger partial charge in [-0.3, -0.25) is 9.78 Å². The molecule has 2 aliphatic heterocycles. The van der Waals surface area contributed by atoms with Crippen LogP contribution in [0.1, 0.15) is 23.2 Å². The quantitative estimate of drug-likeness (QED) is 0.620. The molecule has 3 heterocycles. The van der Waals surface area contributed by atoms with Gasteiger partial charge in [-0.15, -0.1) is 0 Å². The SMILES string of the molecule is CN1CCN(c2ccnc(-c3cccc(-c4ccc(C(=O)N5CCCC5)cc4)c3)c2)CC1. The summed E-state index contributed by atoms with van der Waals surface area (Å²) in [5.41, 5.74) is 6.35. The van der Waals surface area contributed by atoms with Crippen molar-refractivity contribution in [1.29, 1.82) is 0 Å². The van der Waals surface area contributed by atoms with E-state index in [1.165, 1.54) is 5.69 Å². The molecule has 32 heavy (non-hydrogen) atoms. The van der Waals surface area contributed by atoms with Gasteiger partial charge in [-0.25, -0.2) is 0 Å². The van der Waals surface area contributed by atoms with Crippen LogP contribution in [0.2, 0.25) is 0 Å². The molecule has 164 valence electrons. The third-order valence-corrected chi connectivity index (χ3v) is 6.63. The first kappa shape index (κ1) is 20.7. The van der Waals surface area contributed by atoms with E-state index in [1.54, 1.807) is 0 Å². The van der Waals surface area contributed by atoms with Crippen LogP contribution >= 0.6 is 0 Å². The molecule has 0 bridgehead atoms. The van der Waals surface area contributed by atoms with Gasteiger partial charge in [-0.05, 0) is 61.3 Å². The number of anilines is 1. The number of carbonyl (C=O) groups is 1. The maximum absolute atomic E-state index is 12.6. The number of nitrogens with zero attached hydrogens (tertiary/aromatic N) is 4. The fraction of sp³-hybridized carbons (Fsp3) is 0.333. The van der Waals surface area contributed by atoms with Gasteiger partial charge in [0, 0.05) is 62.3 Å². The maximum Gasteiger partial charge on any atom is 0.253 e. The van der Waals surface area contributed by atoms with Crippen molar-refractivity contribution in [3.63, 3.8) is 0 Å². The number of likely N-dealkylation sites (tertiary alicyclic amines) is 1.